The molecular weight excluding hydrogens is 176 g/mol. The molecule has 14 heavy (non-hydrogen) atoms. The summed E-state index contributed by atoms with van der Waals surface area (Å²) in [5.41, 5.74) is 1.54. The molecule has 2 heteroatoms. The van der Waals surface area contributed by atoms with Crippen LogP contribution in [-0.4, -0.2) is 0 Å². The molecule has 1 aromatic heterocycles. The molecular formula is C12H10O2. The fraction of sp³-hybridized carbons (Fsp3) is 0.0833. The number of hydrogen-bond acceptors (Lipinski definition) is 2. The van der Waals surface area contributed by atoms with Crippen molar-refractivity contribution in [3.05, 3.63) is 58.4 Å². The van der Waals surface area contributed by atoms with Crippen LogP contribution in [0.15, 0.2) is 51.7 Å². The molecule has 0 atom stereocenters. The van der Waals surface area contributed by atoms with Crippen LogP contribution in [0.3, 0.4) is 0 Å². The molecule has 70 valence electrons. The Morgan fingerprint density at radius 3 is 2.43 bits per heavy atom. The van der Waals surface area contributed by atoms with Crippen molar-refractivity contribution in [2.45, 2.75) is 6.92 Å². The summed E-state index contributed by atoms with van der Waals surface area (Å²) in [5.74, 6) is 0.621. The Hall–Kier alpha value is -1.83. The second kappa shape index (κ2) is 3.50. The first kappa shape index (κ1) is 8.75. The fourth-order valence-electron chi connectivity index (χ4n) is 1.35. The molecule has 2 nitrogen and oxygen atoms in total. The van der Waals surface area contributed by atoms with E-state index in [1.165, 1.54) is 6.07 Å². The summed E-state index contributed by atoms with van der Waals surface area (Å²) in [6, 6.07) is 12.9. The molecule has 0 bridgehead atoms. The molecule has 0 aliphatic heterocycles. The standard InChI is InChI=1S/C12H10O2/c1-9-7-11(14-12(13)8-9)10-5-3-2-4-6-10/h2-8H,1H3. The van der Waals surface area contributed by atoms with Crippen LogP contribution in [0, 0.1) is 6.92 Å². The highest BCUT2D eigenvalue weighted by Gasteiger charge is 2.00. The van der Waals surface area contributed by atoms with Crippen molar-refractivity contribution in [2.24, 2.45) is 0 Å². The van der Waals surface area contributed by atoms with E-state index in [2.05, 4.69) is 0 Å². The lowest BCUT2D eigenvalue weighted by molar-refractivity contribution is 0.524. The van der Waals surface area contributed by atoms with Crippen LogP contribution in [0.25, 0.3) is 11.3 Å². The molecule has 0 fully saturated rings. The van der Waals surface area contributed by atoms with E-state index in [0.29, 0.717) is 5.76 Å². The van der Waals surface area contributed by atoms with Gasteiger partial charge in [-0.15, -0.1) is 0 Å². The molecule has 0 amide bonds. The van der Waals surface area contributed by atoms with Crippen molar-refractivity contribution >= 4 is 0 Å². The first-order valence-electron chi connectivity index (χ1n) is 4.43. The first-order chi connectivity index (χ1) is 6.75. The van der Waals surface area contributed by atoms with Crippen LogP contribution in [0.1, 0.15) is 5.56 Å². The second-order valence-corrected chi connectivity index (χ2v) is 3.18. The van der Waals surface area contributed by atoms with Crippen molar-refractivity contribution in [3.8, 4) is 11.3 Å². The smallest absolute Gasteiger partial charge is 0.336 e. The SMILES string of the molecule is Cc1cc(-c2ccccc2)oc(=O)c1. The van der Waals surface area contributed by atoms with Gasteiger partial charge in [-0.2, -0.15) is 0 Å². The maximum atomic E-state index is 11.1. The molecule has 0 N–H and O–H groups in total. The van der Waals surface area contributed by atoms with Crippen LogP contribution in [0.4, 0.5) is 0 Å². The van der Waals surface area contributed by atoms with Crippen LogP contribution >= 0.6 is 0 Å². The lowest BCUT2D eigenvalue weighted by Gasteiger charge is -1.99. The summed E-state index contributed by atoms with van der Waals surface area (Å²) in [5, 5.41) is 0. The lowest BCUT2D eigenvalue weighted by Crippen LogP contribution is -1.97. The van der Waals surface area contributed by atoms with E-state index < -0.39 is 0 Å². The summed E-state index contributed by atoms with van der Waals surface area (Å²) < 4.78 is 5.09. The van der Waals surface area contributed by atoms with E-state index in [9.17, 15) is 4.79 Å². The largest absolute Gasteiger partial charge is 0.423 e. The zero-order chi connectivity index (χ0) is 9.97. The Morgan fingerprint density at radius 1 is 1.07 bits per heavy atom. The van der Waals surface area contributed by atoms with Gasteiger partial charge in [-0.25, -0.2) is 4.79 Å². The highest BCUT2D eigenvalue weighted by molar-refractivity contribution is 5.57. The van der Waals surface area contributed by atoms with Crippen molar-refractivity contribution in [2.75, 3.05) is 0 Å². The van der Waals surface area contributed by atoms with E-state index in [1.54, 1.807) is 0 Å². The number of aryl methyl sites for hydroxylation is 1. The van der Waals surface area contributed by atoms with Crippen LogP contribution in [-0.2, 0) is 0 Å². The van der Waals surface area contributed by atoms with Gasteiger partial charge in [0.2, 0.25) is 0 Å². The zero-order valence-corrected chi connectivity index (χ0v) is 7.86. The Kier molecular flexibility index (Phi) is 2.19. The second-order valence-electron chi connectivity index (χ2n) is 3.18. The summed E-state index contributed by atoms with van der Waals surface area (Å²) in [6.45, 7) is 1.88. The number of hydrogen-bond donors (Lipinski definition) is 0. The van der Waals surface area contributed by atoms with E-state index >= 15 is 0 Å². The monoisotopic (exact) mass is 186 g/mol. The zero-order valence-electron chi connectivity index (χ0n) is 7.86. The maximum Gasteiger partial charge on any atom is 0.336 e. The van der Waals surface area contributed by atoms with Gasteiger partial charge in [-0.1, -0.05) is 30.3 Å². The lowest BCUT2D eigenvalue weighted by atomic mass is 10.1. The van der Waals surface area contributed by atoms with Gasteiger partial charge in [0.05, 0.1) is 0 Å². The van der Waals surface area contributed by atoms with Gasteiger partial charge in [0.1, 0.15) is 5.76 Å². The first-order valence-corrected chi connectivity index (χ1v) is 4.43. The van der Waals surface area contributed by atoms with E-state index in [0.717, 1.165) is 11.1 Å². The third kappa shape index (κ3) is 1.74. The summed E-state index contributed by atoms with van der Waals surface area (Å²) in [4.78, 5) is 11.1. The molecule has 1 heterocycles. The molecule has 0 saturated carbocycles. The highest BCUT2D eigenvalue weighted by atomic mass is 16.4. The Balaban J connectivity index is 2.58. The summed E-state index contributed by atoms with van der Waals surface area (Å²) in [6.07, 6.45) is 0. The predicted octanol–water partition coefficient (Wildman–Crippen LogP) is 2.62. The molecule has 0 saturated heterocycles. The van der Waals surface area contributed by atoms with E-state index in [1.807, 2.05) is 43.3 Å². The van der Waals surface area contributed by atoms with Gasteiger partial charge < -0.3 is 4.42 Å². The van der Waals surface area contributed by atoms with Gasteiger partial charge in [0, 0.05) is 11.6 Å². The Morgan fingerprint density at radius 2 is 1.79 bits per heavy atom. The minimum Gasteiger partial charge on any atom is -0.423 e. The molecule has 0 unspecified atom stereocenters. The number of rotatable bonds is 1. The van der Waals surface area contributed by atoms with Gasteiger partial charge in [-0.3, -0.25) is 0 Å². The average molecular weight is 186 g/mol. The minimum absolute atomic E-state index is 0.302. The van der Waals surface area contributed by atoms with Gasteiger partial charge in [-0.05, 0) is 18.6 Å². The minimum atomic E-state index is -0.302. The van der Waals surface area contributed by atoms with Crippen LogP contribution in [0.2, 0.25) is 0 Å². The maximum absolute atomic E-state index is 11.1. The quantitative estimate of drug-likeness (QED) is 0.685. The van der Waals surface area contributed by atoms with E-state index in [-0.39, 0.29) is 5.63 Å². The van der Waals surface area contributed by atoms with Crippen molar-refractivity contribution in [1.29, 1.82) is 0 Å². The van der Waals surface area contributed by atoms with Crippen LogP contribution < -0.4 is 5.63 Å². The van der Waals surface area contributed by atoms with Gasteiger partial charge in [0.25, 0.3) is 0 Å². The molecule has 0 spiro atoms. The Bertz CT molecular complexity index is 483. The summed E-state index contributed by atoms with van der Waals surface area (Å²) in [7, 11) is 0. The van der Waals surface area contributed by atoms with Gasteiger partial charge in [0.15, 0.2) is 0 Å². The highest BCUT2D eigenvalue weighted by Crippen LogP contribution is 2.17. The molecule has 0 aliphatic rings. The molecule has 2 rings (SSSR count). The van der Waals surface area contributed by atoms with Crippen molar-refractivity contribution < 1.29 is 4.42 Å². The van der Waals surface area contributed by atoms with Gasteiger partial charge >= 0.3 is 5.63 Å². The summed E-state index contributed by atoms with van der Waals surface area (Å²) >= 11 is 0. The molecule has 1 aromatic carbocycles. The molecule has 2 aromatic rings. The Labute approximate surface area is 81.8 Å². The van der Waals surface area contributed by atoms with E-state index in [4.69, 9.17) is 4.42 Å². The third-order valence-electron chi connectivity index (χ3n) is 1.97. The van der Waals surface area contributed by atoms with Crippen LogP contribution in [0.5, 0.6) is 0 Å². The van der Waals surface area contributed by atoms with Crippen molar-refractivity contribution in [3.63, 3.8) is 0 Å². The normalized spacial score (nSPS) is 10.1. The third-order valence-corrected chi connectivity index (χ3v) is 1.97. The fourth-order valence-corrected chi connectivity index (χ4v) is 1.35. The molecule has 0 aliphatic carbocycles. The predicted molar refractivity (Wildman–Crippen MR) is 55.2 cm³/mol. The average Bonchev–Trinajstić information content (AvgIpc) is 2.18. The topological polar surface area (TPSA) is 30.2 Å². The molecule has 0 radical (unpaired) electrons. The van der Waals surface area contributed by atoms with Crippen molar-refractivity contribution in [1.82, 2.24) is 0 Å². The number of benzene rings is 1.